The van der Waals surface area contributed by atoms with Gasteiger partial charge in [0.2, 0.25) is 0 Å². The van der Waals surface area contributed by atoms with Crippen LogP contribution in [0.15, 0.2) is 36.7 Å². The summed E-state index contributed by atoms with van der Waals surface area (Å²) in [4.78, 5) is 8.34. The van der Waals surface area contributed by atoms with E-state index in [-0.39, 0.29) is 0 Å². The minimum atomic E-state index is 0.555. The van der Waals surface area contributed by atoms with Crippen LogP contribution in [0, 0.1) is 18.3 Å². The molecule has 0 aliphatic heterocycles. The second kappa shape index (κ2) is 5.08. The van der Waals surface area contributed by atoms with Crippen LogP contribution < -0.4 is 5.32 Å². The Bertz CT molecular complexity index is 543. The van der Waals surface area contributed by atoms with Crippen molar-refractivity contribution in [3.05, 3.63) is 53.5 Å². The standard InChI is InChI=1S/C13H12N4/c1-10-4-5-12(7-14)13(17-10)16-9-11-3-2-6-15-8-11/h2-6,8H,9H2,1H3,(H,16,17). The van der Waals surface area contributed by atoms with Crippen LogP contribution in [0.4, 0.5) is 5.82 Å². The van der Waals surface area contributed by atoms with Gasteiger partial charge in [0, 0.05) is 24.6 Å². The van der Waals surface area contributed by atoms with Gasteiger partial charge in [-0.05, 0) is 30.7 Å². The van der Waals surface area contributed by atoms with Crippen molar-refractivity contribution in [2.45, 2.75) is 13.5 Å². The highest BCUT2D eigenvalue weighted by atomic mass is 15.0. The Morgan fingerprint density at radius 1 is 1.35 bits per heavy atom. The SMILES string of the molecule is Cc1ccc(C#N)c(NCc2cccnc2)n1. The Morgan fingerprint density at radius 3 is 2.94 bits per heavy atom. The van der Waals surface area contributed by atoms with Crippen molar-refractivity contribution in [1.82, 2.24) is 9.97 Å². The predicted molar refractivity (Wildman–Crippen MR) is 65.3 cm³/mol. The molecule has 0 aromatic carbocycles. The number of nitrogens with zero attached hydrogens (tertiary/aromatic N) is 3. The summed E-state index contributed by atoms with van der Waals surface area (Å²) in [7, 11) is 0. The molecule has 0 fully saturated rings. The second-order valence-corrected chi connectivity index (χ2v) is 3.68. The average Bonchev–Trinajstić information content (AvgIpc) is 2.38. The lowest BCUT2D eigenvalue weighted by atomic mass is 10.2. The number of nitrogens with one attached hydrogen (secondary N) is 1. The second-order valence-electron chi connectivity index (χ2n) is 3.68. The number of nitriles is 1. The molecule has 0 saturated carbocycles. The van der Waals surface area contributed by atoms with Crippen molar-refractivity contribution in [2.75, 3.05) is 5.32 Å². The van der Waals surface area contributed by atoms with E-state index in [0.717, 1.165) is 11.3 Å². The Morgan fingerprint density at radius 2 is 2.24 bits per heavy atom. The van der Waals surface area contributed by atoms with Gasteiger partial charge in [0.05, 0.1) is 5.56 Å². The number of hydrogen-bond acceptors (Lipinski definition) is 4. The maximum Gasteiger partial charge on any atom is 0.144 e. The first-order chi connectivity index (χ1) is 8.29. The number of aryl methyl sites for hydroxylation is 1. The maximum absolute atomic E-state index is 8.96. The normalized spacial score (nSPS) is 9.65. The van der Waals surface area contributed by atoms with Gasteiger partial charge >= 0.3 is 0 Å². The predicted octanol–water partition coefficient (Wildman–Crippen LogP) is 2.27. The molecule has 0 aliphatic carbocycles. The highest BCUT2D eigenvalue weighted by Crippen LogP contribution is 2.13. The number of hydrogen-bond donors (Lipinski definition) is 1. The molecule has 2 rings (SSSR count). The Balaban J connectivity index is 2.14. The van der Waals surface area contributed by atoms with Gasteiger partial charge in [0.15, 0.2) is 0 Å². The number of anilines is 1. The third-order valence-corrected chi connectivity index (χ3v) is 2.34. The van der Waals surface area contributed by atoms with Crippen LogP contribution in [-0.2, 0) is 6.54 Å². The lowest BCUT2D eigenvalue weighted by Gasteiger charge is -2.07. The van der Waals surface area contributed by atoms with Gasteiger partial charge in [-0.1, -0.05) is 6.07 Å². The molecular weight excluding hydrogens is 212 g/mol. The molecular formula is C13H12N4. The molecule has 0 radical (unpaired) electrons. The van der Waals surface area contributed by atoms with Crippen LogP contribution in [0.2, 0.25) is 0 Å². The molecule has 0 unspecified atom stereocenters. The van der Waals surface area contributed by atoms with E-state index < -0.39 is 0 Å². The third kappa shape index (κ3) is 2.79. The van der Waals surface area contributed by atoms with E-state index in [1.165, 1.54) is 0 Å². The van der Waals surface area contributed by atoms with E-state index in [0.29, 0.717) is 17.9 Å². The van der Waals surface area contributed by atoms with Crippen molar-refractivity contribution >= 4 is 5.82 Å². The maximum atomic E-state index is 8.96. The third-order valence-electron chi connectivity index (χ3n) is 2.34. The van der Waals surface area contributed by atoms with Gasteiger partial charge in [0.25, 0.3) is 0 Å². The van der Waals surface area contributed by atoms with E-state index in [2.05, 4.69) is 21.4 Å². The zero-order valence-corrected chi connectivity index (χ0v) is 9.51. The first-order valence-corrected chi connectivity index (χ1v) is 5.30. The zero-order valence-electron chi connectivity index (χ0n) is 9.51. The highest BCUT2D eigenvalue weighted by Gasteiger charge is 2.03. The van der Waals surface area contributed by atoms with Crippen molar-refractivity contribution in [1.29, 1.82) is 5.26 Å². The average molecular weight is 224 g/mol. The highest BCUT2D eigenvalue weighted by molar-refractivity contribution is 5.52. The van der Waals surface area contributed by atoms with Gasteiger partial charge < -0.3 is 5.32 Å². The van der Waals surface area contributed by atoms with E-state index >= 15 is 0 Å². The van der Waals surface area contributed by atoms with Crippen molar-refractivity contribution in [2.24, 2.45) is 0 Å². The van der Waals surface area contributed by atoms with Crippen LogP contribution >= 0.6 is 0 Å². The lowest BCUT2D eigenvalue weighted by molar-refractivity contribution is 1.07. The van der Waals surface area contributed by atoms with Crippen LogP contribution in [0.25, 0.3) is 0 Å². The number of pyridine rings is 2. The van der Waals surface area contributed by atoms with Crippen molar-refractivity contribution < 1.29 is 0 Å². The molecule has 0 spiro atoms. The Labute approximate surface area is 100.0 Å². The van der Waals surface area contributed by atoms with E-state index in [1.54, 1.807) is 18.5 Å². The summed E-state index contributed by atoms with van der Waals surface area (Å²) in [6.07, 6.45) is 3.52. The molecule has 0 bridgehead atoms. The summed E-state index contributed by atoms with van der Waals surface area (Å²) in [5.74, 6) is 0.622. The van der Waals surface area contributed by atoms with E-state index in [9.17, 15) is 0 Å². The Kier molecular flexibility index (Phi) is 3.31. The van der Waals surface area contributed by atoms with Gasteiger partial charge in [0.1, 0.15) is 11.9 Å². The summed E-state index contributed by atoms with van der Waals surface area (Å²) in [6.45, 7) is 2.51. The molecule has 2 aromatic rings. The minimum absolute atomic E-state index is 0.555. The van der Waals surface area contributed by atoms with E-state index in [1.807, 2.05) is 25.1 Å². The first-order valence-electron chi connectivity index (χ1n) is 5.30. The van der Waals surface area contributed by atoms with Gasteiger partial charge in [-0.15, -0.1) is 0 Å². The Hall–Kier alpha value is -2.41. The molecule has 0 amide bonds. The summed E-state index contributed by atoms with van der Waals surface area (Å²) in [5.41, 5.74) is 2.50. The molecule has 4 nitrogen and oxygen atoms in total. The molecule has 0 saturated heterocycles. The molecule has 1 N–H and O–H groups in total. The van der Waals surface area contributed by atoms with Crippen LogP contribution in [0.5, 0.6) is 0 Å². The summed E-state index contributed by atoms with van der Waals surface area (Å²) < 4.78 is 0. The first kappa shape index (κ1) is 11.1. The number of rotatable bonds is 3. The van der Waals surface area contributed by atoms with Crippen molar-refractivity contribution in [3.63, 3.8) is 0 Å². The fourth-order valence-corrected chi connectivity index (χ4v) is 1.47. The molecule has 0 aliphatic rings. The minimum Gasteiger partial charge on any atom is -0.365 e. The molecule has 84 valence electrons. The quantitative estimate of drug-likeness (QED) is 0.868. The molecule has 2 aromatic heterocycles. The van der Waals surface area contributed by atoms with Crippen LogP contribution in [0.3, 0.4) is 0 Å². The smallest absolute Gasteiger partial charge is 0.144 e. The largest absolute Gasteiger partial charge is 0.365 e. The summed E-state index contributed by atoms with van der Waals surface area (Å²) in [6, 6.07) is 9.57. The van der Waals surface area contributed by atoms with Crippen LogP contribution in [0.1, 0.15) is 16.8 Å². The number of aromatic nitrogens is 2. The summed E-state index contributed by atoms with van der Waals surface area (Å²) >= 11 is 0. The zero-order chi connectivity index (χ0) is 12.1. The molecule has 0 atom stereocenters. The topological polar surface area (TPSA) is 61.6 Å². The summed E-state index contributed by atoms with van der Waals surface area (Å²) in [5, 5.41) is 12.1. The lowest BCUT2D eigenvalue weighted by Crippen LogP contribution is -2.04. The monoisotopic (exact) mass is 224 g/mol. The molecule has 2 heterocycles. The van der Waals surface area contributed by atoms with Gasteiger partial charge in [-0.25, -0.2) is 4.98 Å². The fraction of sp³-hybridized carbons (Fsp3) is 0.154. The van der Waals surface area contributed by atoms with Crippen molar-refractivity contribution in [3.8, 4) is 6.07 Å². The molecule has 17 heavy (non-hydrogen) atoms. The van der Waals surface area contributed by atoms with E-state index in [4.69, 9.17) is 5.26 Å². The van der Waals surface area contributed by atoms with Gasteiger partial charge in [-0.2, -0.15) is 5.26 Å². The fourth-order valence-electron chi connectivity index (χ4n) is 1.47. The van der Waals surface area contributed by atoms with Crippen LogP contribution in [-0.4, -0.2) is 9.97 Å². The molecule has 4 heteroatoms. The van der Waals surface area contributed by atoms with Gasteiger partial charge in [-0.3, -0.25) is 4.98 Å².